The Bertz CT molecular complexity index is 747. The summed E-state index contributed by atoms with van der Waals surface area (Å²) in [7, 11) is 0. The lowest BCUT2D eigenvalue weighted by Gasteiger charge is -1.93. The van der Waals surface area contributed by atoms with E-state index in [0.717, 1.165) is 16.7 Å². The third kappa shape index (κ3) is 1.74. The molecule has 0 radical (unpaired) electrons. The highest BCUT2D eigenvalue weighted by Crippen LogP contribution is 2.35. The summed E-state index contributed by atoms with van der Waals surface area (Å²) < 4.78 is 13.9. The maximum absolute atomic E-state index is 13.2. The number of hydrogen-bond donors (Lipinski definition) is 1. The Hall–Kier alpha value is -1.65. The van der Waals surface area contributed by atoms with E-state index in [0.29, 0.717) is 21.0 Å². The second-order valence-corrected chi connectivity index (χ2v) is 5.54. The highest BCUT2D eigenvalue weighted by Gasteiger charge is 2.14. The topological polar surface area (TPSA) is 32.9 Å². The molecule has 3 rings (SSSR count). The van der Waals surface area contributed by atoms with Gasteiger partial charge >= 0.3 is 0 Å². The zero-order chi connectivity index (χ0) is 12.7. The van der Waals surface area contributed by atoms with E-state index in [1.165, 1.54) is 23.5 Å². The SMILES string of the molecule is O=Cc1c(-c2ccc(Cl)s2)[nH]c2ccc(F)cc12. The summed E-state index contributed by atoms with van der Waals surface area (Å²) in [5.41, 5.74) is 1.88. The van der Waals surface area contributed by atoms with Gasteiger partial charge in [0.25, 0.3) is 0 Å². The second-order valence-electron chi connectivity index (χ2n) is 3.83. The van der Waals surface area contributed by atoms with Gasteiger partial charge in [-0.05, 0) is 30.3 Å². The molecule has 0 aliphatic carbocycles. The molecule has 2 heterocycles. The summed E-state index contributed by atoms with van der Waals surface area (Å²) in [4.78, 5) is 15.2. The van der Waals surface area contributed by atoms with E-state index in [4.69, 9.17) is 11.6 Å². The van der Waals surface area contributed by atoms with E-state index in [1.54, 1.807) is 12.1 Å². The number of halogens is 2. The van der Waals surface area contributed by atoms with Crippen molar-refractivity contribution < 1.29 is 9.18 Å². The number of aldehydes is 1. The molecule has 18 heavy (non-hydrogen) atoms. The predicted octanol–water partition coefficient (Wildman–Crippen LogP) is 4.50. The number of carbonyl (C=O) groups excluding carboxylic acids is 1. The van der Waals surface area contributed by atoms with Gasteiger partial charge in [0.15, 0.2) is 6.29 Å². The van der Waals surface area contributed by atoms with Crippen LogP contribution >= 0.6 is 22.9 Å². The fourth-order valence-electron chi connectivity index (χ4n) is 1.95. The molecule has 0 fully saturated rings. The lowest BCUT2D eigenvalue weighted by molar-refractivity contribution is 0.112. The van der Waals surface area contributed by atoms with Crippen molar-refractivity contribution in [1.82, 2.24) is 4.98 Å². The number of H-pyrrole nitrogens is 1. The van der Waals surface area contributed by atoms with Crippen molar-refractivity contribution in [2.45, 2.75) is 0 Å². The van der Waals surface area contributed by atoms with Gasteiger partial charge in [-0.3, -0.25) is 4.79 Å². The second kappa shape index (κ2) is 4.23. The number of carbonyl (C=O) groups is 1. The Morgan fingerprint density at radius 1 is 1.28 bits per heavy atom. The summed E-state index contributed by atoms with van der Waals surface area (Å²) in [6, 6.07) is 7.94. The highest BCUT2D eigenvalue weighted by molar-refractivity contribution is 7.19. The van der Waals surface area contributed by atoms with Crippen LogP contribution < -0.4 is 0 Å². The Kier molecular flexibility index (Phi) is 2.69. The minimum Gasteiger partial charge on any atom is -0.353 e. The monoisotopic (exact) mass is 279 g/mol. The zero-order valence-corrected chi connectivity index (χ0v) is 10.6. The number of benzene rings is 1. The Morgan fingerprint density at radius 2 is 2.11 bits per heavy atom. The van der Waals surface area contributed by atoms with Crippen LogP contribution in [0.4, 0.5) is 4.39 Å². The van der Waals surface area contributed by atoms with Gasteiger partial charge in [-0.2, -0.15) is 0 Å². The van der Waals surface area contributed by atoms with E-state index in [-0.39, 0.29) is 5.82 Å². The van der Waals surface area contributed by atoms with Crippen molar-refractivity contribution in [3.8, 4) is 10.6 Å². The van der Waals surface area contributed by atoms with Crippen LogP contribution in [0.25, 0.3) is 21.5 Å². The maximum atomic E-state index is 13.2. The Morgan fingerprint density at radius 3 is 2.78 bits per heavy atom. The van der Waals surface area contributed by atoms with Crippen LogP contribution in [0, 0.1) is 5.82 Å². The van der Waals surface area contributed by atoms with E-state index in [9.17, 15) is 9.18 Å². The summed E-state index contributed by atoms with van der Waals surface area (Å²) in [5, 5.41) is 0.588. The third-order valence-electron chi connectivity index (χ3n) is 2.74. The number of thiophene rings is 1. The lowest BCUT2D eigenvalue weighted by Crippen LogP contribution is -1.81. The van der Waals surface area contributed by atoms with Crippen LogP contribution in [0.3, 0.4) is 0 Å². The molecule has 2 nitrogen and oxygen atoms in total. The summed E-state index contributed by atoms with van der Waals surface area (Å²) in [6.07, 6.45) is 0.737. The fourth-order valence-corrected chi connectivity index (χ4v) is 3.01. The minimum absolute atomic E-state index is 0.361. The molecule has 5 heteroatoms. The molecule has 0 aliphatic heterocycles. The molecule has 0 saturated carbocycles. The van der Waals surface area contributed by atoms with Crippen LogP contribution in [-0.2, 0) is 0 Å². The Balaban J connectivity index is 2.32. The lowest BCUT2D eigenvalue weighted by atomic mass is 10.1. The molecule has 0 unspecified atom stereocenters. The number of nitrogens with one attached hydrogen (secondary N) is 1. The number of fused-ring (bicyclic) bond motifs is 1. The molecular weight excluding hydrogens is 273 g/mol. The van der Waals surface area contributed by atoms with Crippen molar-refractivity contribution in [3.05, 3.63) is 46.0 Å². The number of hydrogen-bond acceptors (Lipinski definition) is 2. The first kappa shape index (κ1) is 11.4. The zero-order valence-electron chi connectivity index (χ0n) is 9.04. The van der Waals surface area contributed by atoms with Gasteiger partial charge < -0.3 is 4.98 Å². The van der Waals surface area contributed by atoms with Crippen molar-refractivity contribution in [1.29, 1.82) is 0 Å². The highest BCUT2D eigenvalue weighted by atomic mass is 35.5. The molecule has 0 spiro atoms. The van der Waals surface area contributed by atoms with Crippen molar-refractivity contribution in [3.63, 3.8) is 0 Å². The molecule has 1 N–H and O–H groups in total. The molecule has 90 valence electrons. The van der Waals surface area contributed by atoms with E-state index >= 15 is 0 Å². The van der Waals surface area contributed by atoms with Crippen LogP contribution in [0.2, 0.25) is 4.34 Å². The first-order valence-electron chi connectivity index (χ1n) is 5.21. The number of aromatic nitrogens is 1. The maximum Gasteiger partial charge on any atom is 0.152 e. The molecule has 1 aromatic carbocycles. The standard InChI is InChI=1S/C13H7ClFNOS/c14-12-4-3-11(18-12)13-9(6-17)8-5-7(15)1-2-10(8)16-13/h1-6,16H. The van der Waals surface area contributed by atoms with Crippen LogP contribution in [0.15, 0.2) is 30.3 Å². The average molecular weight is 280 g/mol. The largest absolute Gasteiger partial charge is 0.353 e. The number of aromatic amines is 1. The van der Waals surface area contributed by atoms with Crippen molar-refractivity contribution >= 4 is 40.1 Å². The quantitative estimate of drug-likeness (QED) is 0.688. The number of rotatable bonds is 2. The van der Waals surface area contributed by atoms with Crippen molar-refractivity contribution in [2.24, 2.45) is 0 Å². The van der Waals surface area contributed by atoms with Gasteiger partial charge in [-0.25, -0.2) is 4.39 Å². The normalized spacial score (nSPS) is 11.0. The fraction of sp³-hybridized carbons (Fsp3) is 0. The first-order valence-corrected chi connectivity index (χ1v) is 6.40. The molecule has 0 aliphatic rings. The van der Waals surface area contributed by atoms with Gasteiger partial charge in [-0.1, -0.05) is 11.6 Å². The molecule has 0 amide bonds. The third-order valence-corrected chi connectivity index (χ3v) is 3.99. The van der Waals surface area contributed by atoms with Crippen molar-refractivity contribution in [2.75, 3.05) is 0 Å². The molecule has 3 aromatic rings. The van der Waals surface area contributed by atoms with Gasteiger partial charge in [0.05, 0.1) is 14.9 Å². The van der Waals surface area contributed by atoms with Crippen LogP contribution in [-0.4, -0.2) is 11.3 Å². The van der Waals surface area contributed by atoms with Crippen LogP contribution in [0.1, 0.15) is 10.4 Å². The van der Waals surface area contributed by atoms with Crippen LogP contribution in [0.5, 0.6) is 0 Å². The van der Waals surface area contributed by atoms with E-state index in [1.807, 2.05) is 6.07 Å². The van der Waals surface area contributed by atoms with Gasteiger partial charge in [0.2, 0.25) is 0 Å². The molecular formula is C13H7ClFNOS. The van der Waals surface area contributed by atoms with Gasteiger partial charge in [0.1, 0.15) is 5.82 Å². The van der Waals surface area contributed by atoms with Gasteiger partial charge in [-0.15, -0.1) is 11.3 Å². The predicted molar refractivity (Wildman–Crippen MR) is 72.0 cm³/mol. The average Bonchev–Trinajstić information content (AvgIpc) is 2.91. The van der Waals surface area contributed by atoms with E-state index in [2.05, 4.69) is 4.98 Å². The smallest absolute Gasteiger partial charge is 0.152 e. The molecule has 0 atom stereocenters. The summed E-state index contributed by atoms with van der Waals surface area (Å²) >= 11 is 7.26. The Labute approximate surface area is 111 Å². The van der Waals surface area contributed by atoms with Gasteiger partial charge in [0, 0.05) is 16.5 Å². The summed E-state index contributed by atoms with van der Waals surface area (Å²) in [6.45, 7) is 0. The molecule has 2 aromatic heterocycles. The first-order chi connectivity index (χ1) is 8.69. The minimum atomic E-state index is -0.361. The summed E-state index contributed by atoms with van der Waals surface area (Å²) in [5.74, 6) is -0.361. The van der Waals surface area contributed by atoms with E-state index < -0.39 is 0 Å². The molecule has 0 bridgehead atoms. The molecule has 0 saturated heterocycles.